The van der Waals surface area contributed by atoms with Crippen LogP contribution in [0.4, 0.5) is 0 Å². The molecule has 1 aromatic carbocycles. The Morgan fingerprint density at radius 1 is 1.43 bits per heavy atom. The minimum absolute atomic E-state index is 0.546. The summed E-state index contributed by atoms with van der Waals surface area (Å²) >= 11 is 0. The van der Waals surface area contributed by atoms with Crippen LogP contribution in [0, 0.1) is 6.92 Å². The first kappa shape index (κ1) is 9.09. The molecule has 3 heteroatoms. The quantitative estimate of drug-likeness (QED) is 0.775. The topological polar surface area (TPSA) is 51.0 Å². The summed E-state index contributed by atoms with van der Waals surface area (Å²) in [6.45, 7) is 3.19. The number of fused-ring (bicyclic) bond motifs is 1. The molecule has 1 heterocycles. The Labute approximate surface area is 82.9 Å². The third-order valence-corrected chi connectivity index (χ3v) is 2.25. The van der Waals surface area contributed by atoms with Crippen molar-refractivity contribution in [1.82, 2.24) is 4.98 Å². The zero-order chi connectivity index (χ0) is 9.97. The number of nitrogens with two attached hydrogens (primary N) is 1. The Bertz CT molecular complexity index is 434. The Morgan fingerprint density at radius 3 is 3.07 bits per heavy atom. The van der Waals surface area contributed by atoms with Gasteiger partial charge in [-0.05, 0) is 30.7 Å². The number of hydrogen-bond acceptors (Lipinski definition) is 2. The van der Waals surface area contributed by atoms with E-state index in [4.69, 9.17) is 10.5 Å². The second-order valence-corrected chi connectivity index (χ2v) is 3.32. The van der Waals surface area contributed by atoms with Crippen LogP contribution in [-0.4, -0.2) is 18.1 Å². The van der Waals surface area contributed by atoms with Gasteiger partial charge in [-0.3, -0.25) is 0 Å². The molecule has 0 fully saturated rings. The molecule has 0 unspecified atom stereocenters. The van der Waals surface area contributed by atoms with Crippen molar-refractivity contribution in [1.29, 1.82) is 0 Å². The highest BCUT2D eigenvalue weighted by atomic mass is 16.5. The molecule has 0 aliphatic heterocycles. The van der Waals surface area contributed by atoms with E-state index in [2.05, 4.69) is 11.9 Å². The van der Waals surface area contributed by atoms with Gasteiger partial charge in [-0.15, -0.1) is 0 Å². The molecule has 3 nitrogen and oxygen atoms in total. The van der Waals surface area contributed by atoms with E-state index in [9.17, 15) is 0 Å². The van der Waals surface area contributed by atoms with Gasteiger partial charge in [-0.25, -0.2) is 0 Å². The van der Waals surface area contributed by atoms with E-state index >= 15 is 0 Å². The fourth-order valence-corrected chi connectivity index (χ4v) is 1.51. The van der Waals surface area contributed by atoms with Gasteiger partial charge in [0, 0.05) is 23.6 Å². The highest BCUT2D eigenvalue weighted by Gasteiger charge is 2.00. The summed E-state index contributed by atoms with van der Waals surface area (Å²) in [6.07, 6.45) is 2.00. The first-order valence-electron chi connectivity index (χ1n) is 4.72. The van der Waals surface area contributed by atoms with E-state index in [1.54, 1.807) is 0 Å². The molecular weight excluding hydrogens is 176 g/mol. The lowest BCUT2D eigenvalue weighted by Gasteiger charge is -2.04. The molecule has 1 aromatic heterocycles. The molecule has 2 aromatic rings. The maximum atomic E-state index is 5.45. The summed E-state index contributed by atoms with van der Waals surface area (Å²) in [7, 11) is 0. The molecule has 0 aliphatic rings. The first-order chi connectivity index (χ1) is 6.81. The maximum Gasteiger partial charge on any atom is 0.120 e. The number of hydrogen-bond donors (Lipinski definition) is 2. The molecule has 2 rings (SSSR count). The Balaban J connectivity index is 2.34. The van der Waals surface area contributed by atoms with Gasteiger partial charge < -0.3 is 15.5 Å². The molecule has 0 radical (unpaired) electrons. The number of benzene rings is 1. The smallest absolute Gasteiger partial charge is 0.120 e. The van der Waals surface area contributed by atoms with Gasteiger partial charge >= 0.3 is 0 Å². The lowest BCUT2D eigenvalue weighted by molar-refractivity contribution is 0.329. The lowest BCUT2D eigenvalue weighted by atomic mass is 10.2. The fourth-order valence-electron chi connectivity index (χ4n) is 1.51. The van der Waals surface area contributed by atoms with Crippen molar-refractivity contribution in [3.8, 4) is 5.75 Å². The van der Waals surface area contributed by atoms with Crippen molar-refractivity contribution >= 4 is 10.9 Å². The standard InChI is InChI=1S/C11H14N2O/c1-8-7-13-11-3-2-9(6-10(8)11)14-5-4-12/h2-3,6-7,13H,4-5,12H2,1H3. The second-order valence-electron chi connectivity index (χ2n) is 3.32. The van der Waals surface area contributed by atoms with Crippen LogP contribution in [0.3, 0.4) is 0 Å². The number of H-pyrrole nitrogens is 1. The highest BCUT2D eigenvalue weighted by molar-refractivity contribution is 5.84. The van der Waals surface area contributed by atoms with E-state index < -0.39 is 0 Å². The molecule has 0 bridgehead atoms. The average Bonchev–Trinajstić information content (AvgIpc) is 2.57. The molecule has 0 saturated heterocycles. The second kappa shape index (κ2) is 3.72. The Kier molecular flexibility index (Phi) is 2.41. The SMILES string of the molecule is Cc1c[nH]c2ccc(OCCN)cc12. The van der Waals surface area contributed by atoms with Crippen molar-refractivity contribution in [3.63, 3.8) is 0 Å². The number of aromatic nitrogens is 1. The minimum atomic E-state index is 0.546. The van der Waals surface area contributed by atoms with E-state index in [0.29, 0.717) is 13.2 Å². The van der Waals surface area contributed by atoms with Crippen LogP contribution in [0.15, 0.2) is 24.4 Å². The number of aromatic amines is 1. The van der Waals surface area contributed by atoms with Gasteiger partial charge in [0.2, 0.25) is 0 Å². The largest absolute Gasteiger partial charge is 0.492 e. The monoisotopic (exact) mass is 190 g/mol. The third-order valence-electron chi connectivity index (χ3n) is 2.25. The highest BCUT2D eigenvalue weighted by Crippen LogP contribution is 2.22. The summed E-state index contributed by atoms with van der Waals surface area (Å²) in [6, 6.07) is 6.01. The van der Waals surface area contributed by atoms with Crippen LogP contribution in [0.1, 0.15) is 5.56 Å². The summed E-state index contributed by atoms with van der Waals surface area (Å²) < 4.78 is 5.45. The molecule has 14 heavy (non-hydrogen) atoms. The Morgan fingerprint density at radius 2 is 2.29 bits per heavy atom. The normalized spacial score (nSPS) is 10.7. The van der Waals surface area contributed by atoms with Crippen LogP contribution in [0.5, 0.6) is 5.75 Å². The van der Waals surface area contributed by atoms with Crippen molar-refractivity contribution in [2.24, 2.45) is 5.73 Å². The fraction of sp³-hybridized carbons (Fsp3) is 0.273. The molecule has 3 N–H and O–H groups in total. The van der Waals surface area contributed by atoms with Gasteiger partial charge in [-0.2, -0.15) is 0 Å². The molecule has 0 amide bonds. The van der Waals surface area contributed by atoms with E-state index in [1.807, 2.05) is 24.4 Å². The van der Waals surface area contributed by atoms with E-state index in [-0.39, 0.29) is 0 Å². The molecular formula is C11H14N2O. The summed E-state index contributed by atoms with van der Waals surface area (Å²) in [5.41, 5.74) is 7.74. The number of nitrogens with one attached hydrogen (secondary N) is 1. The molecule has 0 spiro atoms. The van der Waals surface area contributed by atoms with E-state index in [0.717, 1.165) is 11.3 Å². The van der Waals surface area contributed by atoms with Crippen LogP contribution in [-0.2, 0) is 0 Å². The summed E-state index contributed by atoms with van der Waals surface area (Å²) in [4.78, 5) is 3.19. The van der Waals surface area contributed by atoms with Crippen molar-refractivity contribution < 1.29 is 4.74 Å². The van der Waals surface area contributed by atoms with Crippen molar-refractivity contribution in [2.45, 2.75) is 6.92 Å². The van der Waals surface area contributed by atoms with Crippen LogP contribution in [0.25, 0.3) is 10.9 Å². The lowest BCUT2D eigenvalue weighted by Crippen LogP contribution is -2.10. The van der Waals surface area contributed by atoms with Gasteiger partial charge in [0.15, 0.2) is 0 Å². The maximum absolute atomic E-state index is 5.45. The summed E-state index contributed by atoms with van der Waals surface area (Å²) in [5, 5.41) is 1.21. The van der Waals surface area contributed by atoms with Crippen LogP contribution >= 0.6 is 0 Å². The molecule has 0 atom stereocenters. The van der Waals surface area contributed by atoms with Crippen molar-refractivity contribution in [3.05, 3.63) is 30.0 Å². The summed E-state index contributed by atoms with van der Waals surface area (Å²) in [5.74, 6) is 0.880. The number of aryl methyl sites for hydroxylation is 1. The molecule has 74 valence electrons. The molecule has 0 saturated carbocycles. The molecule has 0 aliphatic carbocycles. The van der Waals surface area contributed by atoms with Gasteiger partial charge in [0.25, 0.3) is 0 Å². The first-order valence-corrected chi connectivity index (χ1v) is 4.72. The minimum Gasteiger partial charge on any atom is -0.492 e. The van der Waals surface area contributed by atoms with Crippen LogP contribution < -0.4 is 10.5 Å². The van der Waals surface area contributed by atoms with Gasteiger partial charge in [0.05, 0.1) is 0 Å². The Hall–Kier alpha value is -1.48. The van der Waals surface area contributed by atoms with Gasteiger partial charge in [0.1, 0.15) is 12.4 Å². The zero-order valence-corrected chi connectivity index (χ0v) is 8.21. The predicted octanol–water partition coefficient (Wildman–Crippen LogP) is 1.81. The van der Waals surface area contributed by atoms with Crippen molar-refractivity contribution in [2.75, 3.05) is 13.2 Å². The van der Waals surface area contributed by atoms with Crippen LogP contribution in [0.2, 0.25) is 0 Å². The number of rotatable bonds is 3. The third kappa shape index (κ3) is 1.59. The van der Waals surface area contributed by atoms with E-state index in [1.165, 1.54) is 10.9 Å². The van der Waals surface area contributed by atoms with Gasteiger partial charge in [-0.1, -0.05) is 0 Å². The average molecular weight is 190 g/mol. The predicted molar refractivity (Wildman–Crippen MR) is 57.6 cm³/mol. The zero-order valence-electron chi connectivity index (χ0n) is 8.21. The number of ether oxygens (including phenoxy) is 1.